The quantitative estimate of drug-likeness (QED) is 0.733. The lowest BCUT2D eigenvalue weighted by molar-refractivity contribution is 0.123. The van der Waals surface area contributed by atoms with E-state index in [9.17, 15) is 0 Å². The van der Waals surface area contributed by atoms with Gasteiger partial charge in [-0.2, -0.15) is 0 Å². The maximum atomic E-state index is 5.22. The van der Waals surface area contributed by atoms with Gasteiger partial charge in [0.15, 0.2) is 0 Å². The lowest BCUT2D eigenvalue weighted by atomic mass is 9.88. The molecule has 2 bridgehead atoms. The van der Waals surface area contributed by atoms with Crippen LogP contribution in [0, 0.1) is 11.8 Å². The molecule has 2 fully saturated rings. The monoisotopic (exact) mass is 240 g/mol. The normalized spacial score (nSPS) is 31.9. The van der Waals surface area contributed by atoms with Gasteiger partial charge in [0.2, 0.25) is 0 Å². The highest BCUT2D eigenvalue weighted by Gasteiger charge is 2.39. The highest BCUT2D eigenvalue weighted by molar-refractivity contribution is 4.98. The second-order valence-electron chi connectivity index (χ2n) is 6.19. The van der Waals surface area contributed by atoms with E-state index in [0.717, 1.165) is 37.1 Å². The van der Waals surface area contributed by atoms with Crippen LogP contribution in [-0.4, -0.2) is 50.3 Å². The molecule has 2 rings (SSSR count). The summed E-state index contributed by atoms with van der Waals surface area (Å²) in [6, 6.07) is 1.63. The SMILES string of the molecule is COCCN(CC(C)C)CC1CC2CCC1N2. The second kappa shape index (κ2) is 6.17. The Kier molecular flexibility index (Phi) is 4.83. The van der Waals surface area contributed by atoms with Crippen LogP contribution in [-0.2, 0) is 4.74 Å². The first-order valence-corrected chi connectivity index (χ1v) is 7.16. The van der Waals surface area contributed by atoms with Gasteiger partial charge in [-0.05, 0) is 31.1 Å². The summed E-state index contributed by atoms with van der Waals surface area (Å²) in [6.07, 6.45) is 4.20. The average Bonchev–Trinajstić information content (AvgIpc) is 2.86. The van der Waals surface area contributed by atoms with Crippen LogP contribution in [0.4, 0.5) is 0 Å². The number of nitrogens with zero attached hydrogens (tertiary/aromatic N) is 1. The third-order valence-corrected chi connectivity index (χ3v) is 4.16. The van der Waals surface area contributed by atoms with Crippen LogP contribution >= 0.6 is 0 Å². The summed E-state index contributed by atoms with van der Waals surface area (Å²) in [7, 11) is 1.80. The third-order valence-electron chi connectivity index (χ3n) is 4.16. The molecule has 2 aliphatic heterocycles. The Bertz CT molecular complexity index is 232. The van der Waals surface area contributed by atoms with Crippen LogP contribution in [0.1, 0.15) is 33.1 Å². The minimum absolute atomic E-state index is 0.749. The van der Waals surface area contributed by atoms with Crippen LogP contribution in [0.25, 0.3) is 0 Å². The van der Waals surface area contributed by atoms with Crippen molar-refractivity contribution in [2.24, 2.45) is 11.8 Å². The highest BCUT2D eigenvalue weighted by atomic mass is 16.5. The largest absolute Gasteiger partial charge is 0.383 e. The molecule has 3 heteroatoms. The molecule has 0 aromatic rings. The molecule has 3 unspecified atom stereocenters. The smallest absolute Gasteiger partial charge is 0.0589 e. The van der Waals surface area contributed by atoms with Crippen molar-refractivity contribution >= 4 is 0 Å². The summed E-state index contributed by atoms with van der Waals surface area (Å²) in [4.78, 5) is 2.60. The van der Waals surface area contributed by atoms with Gasteiger partial charge in [0, 0.05) is 38.8 Å². The molecule has 0 aliphatic carbocycles. The topological polar surface area (TPSA) is 24.5 Å². The first kappa shape index (κ1) is 13.3. The van der Waals surface area contributed by atoms with Gasteiger partial charge in [-0.3, -0.25) is 0 Å². The van der Waals surface area contributed by atoms with E-state index in [1.165, 1.54) is 32.4 Å². The van der Waals surface area contributed by atoms with Gasteiger partial charge < -0.3 is 15.0 Å². The van der Waals surface area contributed by atoms with Crippen LogP contribution in [0.2, 0.25) is 0 Å². The van der Waals surface area contributed by atoms with Gasteiger partial charge in [0.1, 0.15) is 0 Å². The van der Waals surface area contributed by atoms with E-state index in [1.807, 2.05) is 0 Å². The maximum Gasteiger partial charge on any atom is 0.0589 e. The van der Waals surface area contributed by atoms with Crippen LogP contribution < -0.4 is 5.32 Å². The summed E-state index contributed by atoms with van der Waals surface area (Å²) >= 11 is 0. The molecular weight excluding hydrogens is 212 g/mol. The number of hydrogen-bond acceptors (Lipinski definition) is 3. The van der Waals surface area contributed by atoms with Gasteiger partial charge in [-0.15, -0.1) is 0 Å². The number of methoxy groups -OCH3 is 1. The summed E-state index contributed by atoms with van der Waals surface area (Å²) < 4.78 is 5.22. The number of hydrogen-bond donors (Lipinski definition) is 1. The predicted octanol–water partition coefficient (Wildman–Crippen LogP) is 1.73. The Morgan fingerprint density at radius 2 is 2.18 bits per heavy atom. The van der Waals surface area contributed by atoms with Crippen molar-refractivity contribution in [2.75, 3.05) is 33.4 Å². The first-order valence-electron chi connectivity index (χ1n) is 7.16. The number of rotatable bonds is 7. The van der Waals surface area contributed by atoms with Gasteiger partial charge in [-0.1, -0.05) is 13.8 Å². The van der Waals surface area contributed by atoms with Crippen molar-refractivity contribution in [2.45, 2.75) is 45.2 Å². The van der Waals surface area contributed by atoms with E-state index < -0.39 is 0 Å². The molecule has 0 aromatic heterocycles. The fraction of sp³-hybridized carbons (Fsp3) is 1.00. The van der Waals surface area contributed by atoms with E-state index in [0.29, 0.717) is 0 Å². The molecule has 17 heavy (non-hydrogen) atoms. The minimum atomic E-state index is 0.749. The van der Waals surface area contributed by atoms with Crippen molar-refractivity contribution in [1.29, 1.82) is 0 Å². The zero-order chi connectivity index (χ0) is 12.3. The summed E-state index contributed by atoms with van der Waals surface area (Å²) in [5, 5.41) is 3.73. The number of fused-ring (bicyclic) bond motifs is 2. The Morgan fingerprint density at radius 1 is 1.35 bits per heavy atom. The molecule has 3 atom stereocenters. The molecule has 0 spiro atoms. The van der Waals surface area contributed by atoms with Crippen molar-refractivity contribution in [3.05, 3.63) is 0 Å². The fourth-order valence-electron chi connectivity index (χ4n) is 3.46. The average molecular weight is 240 g/mol. The Morgan fingerprint density at radius 3 is 2.71 bits per heavy atom. The molecule has 0 amide bonds. The van der Waals surface area contributed by atoms with Crippen LogP contribution in [0.15, 0.2) is 0 Å². The fourth-order valence-corrected chi connectivity index (χ4v) is 3.46. The highest BCUT2D eigenvalue weighted by Crippen LogP contribution is 2.33. The Balaban J connectivity index is 1.79. The third kappa shape index (κ3) is 3.67. The van der Waals surface area contributed by atoms with Crippen LogP contribution in [0.3, 0.4) is 0 Å². The minimum Gasteiger partial charge on any atom is -0.383 e. The first-order chi connectivity index (χ1) is 8.19. The van der Waals surface area contributed by atoms with Gasteiger partial charge in [0.05, 0.1) is 6.61 Å². The number of nitrogens with one attached hydrogen (secondary N) is 1. The number of ether oxygens (including phenoxy) is 1. The van der Waals surface area contributed by atoms with Gasteiger partial charge >= 0.3 is 0 Å². The lowest BCUT2D eigenvalue weighted by Gasteiger charge is -2.30. The lowest BCUT2D eigenvalue weighted by Crippen LogP contribution is -2.38. The molecule has 2 saturated heterocycles. The Labute approximate surface area is 106 Å². The summed E-state index contributed by atoms with van der Waals surface area (Å²) in [5.41, 5.74) is 0. The molecule has 0 radical (unpaired) electrons. The summed E-state index contributed by atoms with van der Waals surface area (Å²) in [6.45, 7) is 9.02. The summed E-state index contributed by atoms with van der Waals surface area (Å²) in [5.74, 6) is 1.63. The van der Waals surface area contributed by atoms with Crippen molar-refractivity contribution in [3.63, 3.8) is 0 Å². The van der Waals surface area contributed by atoms with Gasteiger partial charge in [-0.25, -0.2) is 0 Å². The molecule has 0 aromatic carbocycles. The van der Waals surface area contributed by atoms with Crippen molar-refractivity contribution in [3.8, 4) is 0 Å². The predicted molar refractivity (Wildman–Crippen MR) is 71.2 cm³/mol. The zero-order valence-corrected chi connectivity index (χ0v) is 11.6. The van der Waals surface area contributed by atoms with E-state index >= 15 is 0 Å². The molecule has 1 N–H and O–H groups in total. The van der Waals surface area contributed by atoms with E-state index in [-0.39, 0.29) is 0 Å². The van der Waals surface area contributed by atoms with Crippen molar-refractivity contribution in [1.82, 2.24) is 10.2 Å². The molecule has 100 valence electrons. The maximum absolute atomic E-state index is 5.22. The molecule has 2 heterocycles. The zero-order valence-electron chi connectivity index (χ0n) is 11.6. The molecular formula is C14H28N2O. The van der Waals surface area contributed by atoms with E-state index in [1.54, 1.807) is 7.11 Å². The van der Waals surface area contributed by atoms with Crippen molar-refractivity contribution < 1.29 is 4.74 Å². The molecule has 3 nitrogen and oxygen atoms in total. The standard InChI is InChI=1S/C14H28N2O/c1-11(2)9-16(6-7-17-3)10-12-8-13-4-5-14(12)15-13/h11-15H,4-10H2,1-3H3. The molecule has 0 saturated carbocycles. The van der Waals surface area contributed by atoms with E-state index in [2.05, 4.69) is 24.1 Å². The Hall–Kier alpha value is -0.120. The van der Waals surface area contributed by atoms with Crippen LogP contribution in [0.5, 0.6) is 0 Å². The second-order valence-corrected chi connectivity index (χ2v) is 6.19. The van der Waals surface area contributed by atoms with E-state index in [4.69, 9.17) is 4.74 Å². The van der Waals surface area contributed by atoms with Gasteiger partial charge in [0.25, 0.3) is 0 Å². The molecule has 2 aliphatic rings.